The fourth-order valence-electron chi connectivity index (χ4n) is 6.10. The molecule has 3 aromatic carbocycles. The second-order valence-corrected chi connectivity index (χ2v) is 11.6. The van der Waals surface area contributed by atoms with Crippen LogP contribution in [-0.4, -0.2) is 42.3 Å². The predicted molar refractivity (Wildman–Crippen MR) is 165 cm³/mol. The monoisotopic (exact) mass is 584 g/mol. The van der Waals surface area contributed by atoms with Gasteiger partial charge in [0.15, 0.2) is 0 Å². The van der Waals surface area contributed by atoms with E-state index in [1.165, 1.54) is 5.56 Å². The third-order valence-corrected chi connectivity index (χ3v) is 8.61. The van der Waals surface area contributed by atoms with E-state index in [-0.39, 0.29) is 18.6 Å². The third-order valence-electron chi connectivity index (χ3n) is 8.61. The number of carboxylic acids is 1. The van der Waals surface area contributed by atoms with Crippen LogP contribution in [0.15, 0.2) is 60.7 Å². The maximum Gasteiger partial charge on any atom is 0.407 e. The zero-order valence-corrected chi connectivity index (χ0v) is 24.9. The van der Waals surface area contributed by atoms with Gasteiger partial charge in [-0.05, 0) is 104 Å². The number of carbonyl (C=O) groups is 3. The van der Waals surface area contributed by atoms with E-state index in [0.717, 1.165) is 52.1 Å². The molecular weight excluding hydrogens is 544 g/mol. The molecular formula is C35H40N2O6. The van der Waals surface area contributed by atoms with Crippen LogP contribution < -0.4 is 15.0 Å². The Morgan fingerprint density at radius 3 is 2.65 bits per heavy atom. The van der Waals surface area contributed by atoms with Crippen molar-refractivity contribution in [1.82, 2.24) is 5.32 Å². The van der Waals surface area contributed by atoms with Gasteiger partial charge < -0.3 is 24.8 Å². The number of hydrogen-bond acceptors (Lipinski definition) is 5. The minimum Gasteiger partial charge on any atom is -0.493 e. The molecule has 1 saturated carbocycles. The van der Waals surface area contributed by atoms with Crippen molar-refractivity contribution in [3.05, 3.63) is 82.9 Å². The summed E-state index contributed by atoms with van der Waals surface area (Å²) in [4.78, 5) is 38.8. The third kappa shape index (κ3) is 7.37. The maximum atomic E-state index is 13.3. The molecule has 0 radical (unpaired) electrons. The summed E-state index contributed by atoms with van der Waals surface area (Å²) in [5.41, 5.74) is 7.37. The molecule has 0 aromatic heterocycles. The lowest BCUT2D eigenvalue weighted by atomic mass is 9.91. The molecule has 2 N–H and O–H groups in total. The molecule has 8 heteroatoms. The number of benzene rings is 3. The second kappa shape index (κ2) is 13.8. The number of ether oxygens (including phenoxy) is 2. The molecule has 0 saturated heterocycles. The fraction of sp³-hybridized carbons (Fsp3) is 0.400. The number of carboxylic acid groups (broad SMARTS) is 1. The van der Waals surface area contributed by atoms with E-state index >= 15 is 0 Å². The van der Waals surface area contributed by atoms with E-state index in [9.17, 15) is 19.5 Å². The molecule has 1 fully saturated rings. The van der Waals surface area contributed by atoms with Crippen LogP contribution in [-0.2, 0) is 27.4 Å². The van der Waals surface area contributed by atoms with Gasteiger partial charge in [-0.15, -0.1) is 0 Å². The lowest BCUT2D eigenvalue weighted by Crippen LogP contribution is -2.35. The van der Waals surface area contributed by atoms with Crippen molar-refractivity contribution in [2.45, 2.75) is 71.4 Å². The number of aryl methyl sites for hydroxylation is 1. The highest BCUT2D eigenvalue weighted by Crippen LogP contribution is 2.36. The van der Waals surface area contributed by atoms with Gasteiger partial charge in [0.25, 0.3) is 0 Å². The summed E-state index contributed by atoms with van der Waals surface area (Å²) in [7, 11) is 0. The van der Waals surface area contributed by atoms with Crippen molar-refractivity contribution in [1.29, 1.82) is 0 Å². The van der Waals surface area contributed by atoms with Crippen molar-refractivity contribution < 1.29 is 29.0 Å². The number of alkyl carbamates (subject to hydrolysis) is 1. The standard InChI is InChI=1S/C35H40N2O6/c1-23-8-3-14-32(24(23)2)42-19-7-15-33(38)37-18-6-12-30-29(11-5-13-31(30)37)26-10-4-9-25(20-26)22-43-35(41)36-28-17-16-27(21-28)34(39)40/h3-5,8-11,13-14,20,27-28H,6-7,12,15-19,21-22H2,1-2H3,(H,36,41)(H,39,40)/t27-,28+/m1/s1. The molecule has 0 unspecified atom stereocenters. The first-order chi connectivity index (χ1) is 20.8. The van der Waals surface area contributed by atoms with E-state index in [4.69, 9.17) is 9.47 Å². The highest BCUT2D eigenvalue weighted by molar-refractivity contribution is 5.96. The predicted octanol–water partition coefficient (Wildman–Crippen LogP) is 6.59. The van der Waals surface area contributed by atoms with Gasteiger partial charge in [-0.3, -0.25) is 9.59 Å². The largest absolute Gasteiger partial charge is 0.493 e. The number of hydrogen-bond donors (Lipinski definition) is 2. The Morgan fingerprint density at radius 1 is 1.02 bits per heavy atom. The van der Waals surface area contributed by atoms with Gasteiger partial charge in [-0.25, -0.2) is 4.79 Å². The lowest BCUT2D eigenvalue weighted by molar-refractivity contribution is -0.141. The zero-order chi connectivity index (χ0) is 30.3. The average Bonchev–Trinajstić information content (AvgIpc) is 3.48. The molecule has 3 aromatic rings. The molecule has 2 amide bonds. The Hall–Kier alpha value is -4.33. The fourth-order valence-corrected chi connectivity index (χ4v) is 6.10. The van der Waals surface area contributed by atoms with Crippen LogP contribution in [0.5, 0.6) is 5.75 Å². The number of fused-ring (bicyclic) bond motifs is 1. The number of carbonyl (C=O) groups excluding carboxylic acids is 2. The molecule has 1 heterocycles. The van der Waals surface area contributed by atoms with Crippen LogP contribution in [0.1, 0.15) is 60.8 Å². The molecule has 226 valence electrons. The average molecular weight is 585 g/mol. The molecule has 8 nitrogen and oxygen atoms in total. The van der Waals surface area contributed by atoms with Gasteiger partial charge in [0, 0.05) is 24.7 Å². The number of amides is 2. The van der Waals surface area contributed by atoms with Crippen molar-refractivity contribution in [2.75, 3.05) is 18.1 Å². The van der Waals surface area contributed by atoms with Crippen molar-refractivity contribution >= 4 is 23.7 Å². The Kier molecular flexibility index (Phi) is 9.65. The summed E-state index contributed by atoms with van der Waals surface area (Å²) in [5, 5.41) is 12.0. The van der Waals surface area contributed by atoms with Crippen LogP contribution in [0.3, 0.4) is 0 Å². The van der Waals surface area contributed by atoms with Crippen LogP contribution in [0, 0.1) is 19.8 Å². The smallest absolute Gasteiger partial charge is 0.407 e. The minimum atomic E-state index is -0.816. The molecule has 2 aliphatic rings. The van der Waals surface area contributed by atoms with Gasteiger partial charge >= 0.3 is 12.1 Å². The first-order valence-corrected chi connectivity index (χ1v) is 15.2. The first-order valence-electron chi connectivity index (χ1n) is 15.2. The summed E-state index contributed by atoms with van der Waals surface area (Å²) in [6.45, 7) is 5.42. The van der Waals surface area contributed by atoms with Gasteiger partial charge in [0.2, 0.25) is 5.91 Å². The van der Waals surface area contributed by atoms with E-state index in [0.29, 0.717) is 45.3 Å². The topological polar surface area (TPSA) is 105 Å². The van der Waals surface area contributed by atoms with Crippen molar-refractivity contribution in [3.8, 4) is 16.9 Å². The Balaban J connectivity index is 1.19. The molecule has 2 atom stereocenters. The molecule has 5 rings (SSSR count). The number of nitrogens with zero attached hydrogens (tertiary/aromatic N) is 1. The second-order valence-electron chi connectivity index (χ2n) is 11.6. The zero-order valence-electron chi connectivity index (χ0n) is 24.9. The number of rotatable bonds is 10. The molecule has 1 aliphatic heterocycles. The SMILES string of the molecule is Cc1cccc(OCCCC(=O)N2CCCc3c(-c4cccc(COC(=O)N[C@H]5CC[C@@H](C(=O)O)C5)c4)cccc32)c1C. The van der Waals surface area contributed by atoms with E-state index in [1.54, 1.807) is 0 Å². The van der Waals surface area contributed by atoms with Crippen LogP contribution in [0.2, 0.25) is 0 Å². The summed E-state index contributed by atoms with van der Waals surface area (Å²) < 4.78 is 11.4. The van der Waals surface area contributed by atoms with E-state index in [1.807, 2.05) is 60.4 Å². The Morgan fingerprint density at radius 2 is 1.84 bits per heavy atom. The summed E-state index contributed by atoms with van der Waals surface area (Å²) in [6.07, 6.45) is 3.94. The molecule has 0 spiro atoms. The molecule has 1 aliphatic carbocycles. The van der Waals surface area contributed by atoms with Gasteiger partial charge in [0.1, 0.15) is 12.4 Å². The van der Waals surface area contributed by atoms with Gasteiger partial charge in [-0.1, -0.05) is 42.5 Å². The van der Waals surface area contributed by atoms with Crippen LogP contribution >= 0.6 is 0 Å². The van der Waals surface area contributed by atoms with Gasteiger partial charge in [0.05, 0.1) is 12.5 Å². The van der Waals surface area contributed by atoms with Crippen LogP contribution in [0.25, 0.3) is 11.1 Å². The number of nitrogens with one attached hydrogen (secondary N) is 1. The summed E-state index contributed by atoms with van der Waals surface area (Å²) >= 11 is 0. The summed E-state index contributed by atoms with van der Waals surface area (Å²) in [6, 6.07) is 19.9. The molecule has 0 bridgehead atoms. The summed E-state index contributed by atoms with van der Waals surface area (Å²) in [5.74, 6) is -0.250. The first kappa shape index (κ1) is 30.1. The normalized spacial score (nSPS) is 17.7. The van der Waals surface area contributed by atoms with Crippen molar-refractivity contribution in [2.24, 2.45) is 5.92 Å². The molecule has 43 heavy (non-hydrogen) atoms. The highest BCUT2D eigenvalue weighted by Gasteiger charge is 2.31. The highest BCUT2D eigenvalue weighted by atomic mass is 16.5. The van der Waals surface area contributed by atoms with Crippen LogP contribution in [0.4, 0.5) is 10.5 Å². The van der Waals surface area contributed by atoms with E-state index in [2.05, 4.69) is 24.4 Å². The Bertz CT molecular complexity index is 1480. The maximum absolute atomic E-state index is 13.3. The van der Waals surface area contributed by atoms with Crippen molar-refractivity contribution in [3.63, 3.8) is 0 Å². The Labute approximate surface area is 253 Å². The number of anilines is 1. The van der Waals surface area contributed by atoms with Gasteiger partial charge in [-0.2, -0.15) is 0 Å². The minimum absolute atomic E-state index is 0.104. The quantitative estimate of drug-likeness (QED) is 0.261. The lowest BCUT2D eigenvalue weighted by Gasteiger charge is -2.31. The number of aliphatic carboxylic acids is 1. The van der Waals surface area contributed by atoms with E-state index < -0.39 is 18.0 Å².